The van der Waals surface area contributed by atoms with Crippen LogP contribution in [0.2, 0.25) is 0 Å². The SMILES string of the molecule is CO[C](=[Cr])c1cnc(C(Cl)(Cl)Cl)nc1C1=CCCC1. The first-order valence-corrected chi connectivity index (χ1v) is 7.42. The van der Waals surface area contributed by atoms with E-state index in [9.17, 15) is 0 Å². The Morgan fingerprint density at radius 3 is 2.68 bits per heavy atom. The molecule has 0 spiro atoms. The van der Waals surface area contributed by atoms with E-state index in [4.69, 9.17) is 39.5 Å². The molecule has 0 unspecified atom stereocenters. The molecule has 0 saturated carbocycles. The number of halogens is 3. The summed E-state index contributed by atoms with van der Waals surface area (Å²) in [5, 5.41) is 0. The standard InChI is InChI=1S/C12H11Cl3N2O.Cr/c1-18-7-9-6-16-11(12(13,14)15)17-10(9)8-4-2-3-5-8;/h4,6H,2-3,5H2,1H3;. The first-order chi connectivity index (χ1) is 8.93. The van der Waals surface area contributed by atoms with Crippen molar-refractivity contribution in [2.24, 2.45) is 0 Å². The molecule has 1 aromatic heterocycles. The summed E-state index contributed by atoms with van der Waals surface area (Å²) in [4.78, 5) is 8.49. The molecule has 0 aromatic carbocycles. The topological polar surface area (TPSA) is 35.0 Å². The fourth-order valence-corrected chi connectivity index (χ4v) is 2.41. The number of alkyl halides is 3. The number of hydrogen-bond acceptors (Lipinski definition) is 3. The second kappa shape index (κ2) is 6.22. The van der Waals surface area contributed by atoms with E-state index in [0.29, 0.717) is 4.57 Å². The zero-order valence-corrected chi connectivity index (χ0v) is 13.7. The molecule has 3 nitrogen and oxygen atoms in total. The van der Waals surface area contributed by atoms with Crippen molar-refractivity contribution in [2.45, 2.75) is 23.1 Å². The van der Waals surface area contributed by atoms with E-state index in [1.807, 2.05) is 0 Å². The van der Waals surface area contributed by atoms with Crippen LogP contribution in [-0.4, -0.2) is 21.6 Å². The Balaban J connectivity index is 2.53. The molecular formula is C12H11Cl3CrN2O. The zero-order chi connectivity index (χ0) is 14.0. The van der Waals surface area contributed by atoms with E-state index in [1.54, 1.807) is 13.3 Å². The van der Waals surface area contributed by atoms with Gasteiger partial charge in [-0.3, -0.25) is 0 Å². The minimum atomic E-state index is -1.63. The monoisotopic (exact) mass is 356 g/mol. The number of allylic oxidation sites excluding steroid dienone is 2. The molecule has 102 valence electrons. The van der Waals surface area contributed by atoms with Crippen LogP contribution < -0.4 is 0 Å². The van der Waals surface area contributed by atoms with Gasteiger partial charge < -0.3 is 0 Å². The fourth-order valence-electron chi connectivity index (χ4n) is 1.91. The van der Waals surface area contributed by atoms with Crippen LogP contribution in [0.25, 0.3) is 5.57 Å². The Bertz CT molecular complexity index is 540. The number of methoxy groups -OCH3 is 1. The van der Waals surface area contributed by atoms with Gasteiger partial charge in [-0.15, -0.1) is 0 Å². The molecule has 0 amide bonds. The average Bonchev–Trinajstić information content (AvgIpc) is 2.89. The van der Waals surface area contributed by atoms with Crippen molar-refractivity contribution in [3.63, 3.8) is 0 Å². The van der Waals surface area contributed by atoms with Gasteiger partial charge in [0.1, 0.15) is 0 Å². The van der Waals surface area contributed by atoms with Crippen LogP contribution in [0, 0.1) is 0 Å². The van der Waals surface area contributed by atoms with Gasteiger partial charge in [0.15, 0.2) is 0 Å². The summed E-state index contributed by atoms with van der Waals surface area (Å²) in [6.45, 7) is 0. The van der Waals surface area contributed by atoms with Crippen LogP contribution in [0.4, 0.5) is 0 Å². The van der Waals surface area contributed by atoms with Crippen molar-refractivity contribution >= 4 is 44.9 Å². The van der Waals surface area contributed by atoms with Gasteiger partial charge in [0.05, 0.1) is 0 Å². The Labute approximate surface area is 134 Å². The molecule has 1 aliphatic rings. The molecule has 7 heteroatoms. The number of aromatic nitrogens is 2. The molecule has 0 saturated heterocycles. The third kappa shape index (κ3) is 3.58. The second-order valence-corrected chi connectivity index (χ2v) is 6.93. The summed E-state index contributed by atoms with van der Waals surface area (Å²) in [6, 6.07) is 0. The Kier molecular flexibility index (Phi) is 5.05. The van der Waals surface area contributed by atoms with Crippen LogP contribution in [0.3, 0.4) is 0 Å². The third-order valence-corrected chi connectivity index (χ3v) is 3.90. The molecule has 1 heterocycles. The van der Waals surface area contributed by atoms with E-state index in [-0.39, 0.29) is 5.82 Å². The normalized spacial score (nSPS) is 15.5. The summed E-state index contributed by atoms with van der Waals surface area (Å²) in [5.41, 5.74) is 2.69. The molecule has 19 heavy (non-hydrogen) atoms. The summed E-state index contributed by atoms with van der Waals surface area (Å²) in [5.74, 6) is 0.174. The van der Waals surface area contributed by atoms with E-state index in [1.165, 1.54) is 0 Å². The van der Waals surface area contributed by atoms with Gasteiger partial charge in [-0.2, -0.15) is 0 Å². The molecule has 0 bridgehead atoms. The van der Waals surface area contributed by atoms with Gasteiger partial charge in [-0.1, -0.05) is 0 Å². The van der Waals surface area contributed by atoms with Crippen LogP contribution in [0.1, 0.15) is 36.3 Å². The molecule has 1 aliphatic carbocycles. The molecule has 0 fully saturated rings. The van der Waals surface area contributed by atoms with Gasteiger partial charge in [0.2, 0.25) is 0 Å². The Morgan fingerprint density at radius 2 is 2.16 bits per heavy atom. The Hall–Kier alpha value is 0.0525. The maximum absolute atomic E-state index is 5.84. The van der Waals surface area contributed by atoms with E-state index < -0.39 is 3.79 Å². The maximum atomic E-state index is 5.84. The molecule has 0 atom stereocenters. The minimum absolute atomic E-state index is 0.174. The predicted molar refractivity (Wildman–Crippen MR) is 74.2 cm³/mol. The molecule has 0 radical (unpaired) electrons. The van der Waals surface area contributed by atoms with Gasteiger partial charge in [0, 0.05) is 0 Å². The van der Waals surface area contributed by atoms with Crippen molar-refractivity contribution in [3.8, 4) is 0 Å². The predicted octanol–water partition coefficient (Wildman–Crippen LogP) is 3.54. The van der Waals surface area contributed by atoms with Gasteiger partial charge in [-0.25, -0.2) is 0 Å². The molecular weight excluding hydrogens is 347 g/mol. The van der Waals surface area contributed by atoms with Crippen molar-refractivity contribution < 1.29 is 20.6 Å². The number of hydrogen-bond donors (Lipinski definition) is 0. The van der Waals surface area contributed by atoms with Crippen molar-refractivity contribution in [3.05, 3.63) is 29.4 Å². The molecule has 0 N–H and O–H groups in total. The molecule has 2 rings (SSSR count). The summed E-state index contributed by atoms with van der Waals surface area (Å²) in [6.07, 6.45) is 6.88. The second-order valence-electron chi connectivity index (χ2n) is 4.07. The molecule has 0 aliphatic heterocycles. The van der Waals surface area contributed by atoms with Crippen molar-refractivity contribution in [1.29, 1.82) is 0 Å². The van der Waals surface area contributed by atoms with Crippen molar-refractivity contribution in [1.82, 2.24) is 9.97 Å². The van der Waals surface area contributed by atoms with E-state index >= 15 is 0 Å². The number of nitrogens with zero attached hydrogens (tertiary/aromatic N) is 2. The summed E-state index contributed by atoms with van der Waals surface area (Å²) < 4.78 is 4.21. The van der Waals surface area contributed by atoms with Gasteiger partial charge in [0.25, 0.3) is 0 Å². The average molecular weight is 358 g/mol. The van der Waals surface area contributed by atoms with Crippen LogP contribution in [-0.2, 0) is 24.4 Å². The Morgan fingerprint density at radius 1 is 1.42 bits per heavy atom. The van der Waals surface area contributed by atoms with Gasteiger partial charge in [-0.05, 0) is 0 Å². The number of ether oxygens (including phenoxy) is 1. The van der Waals surface area contributed by atoms with E-state index in [0.717, 1.165) is 36.1 Å². The number of rotatable bonds is 3. The van der Waals surface area contributed by atoms with E-state index in [2.05, 4.69) is 31.9 Å². The summed E-state index contributed by atoms with van der Waals surface area (Å²) >= 11 is 20.4. The molecule has 1 aromatic rings. The first kappa shape index (κ1) is 15.4. The van der Waals surface area contributed by atoms with Crippen LogP contribution >= 0.6 is 34.8 Å². The zero-order valence-electron chi connectivity index (χ0n) is 10.1. The third-order valence-electron chi connectivity index (χ3n) is 2.79. The van der Waals surface area contributed by atoms with Gasteiger partial charge >= 0.3 is 135 Å². The quantitative estimate of drug-likeness (QED) is 0.776. The fraction of sp³-hybridized carbons (Fsp3) is 0.417. The van der Waals surface area contributed by atoms with Crippen molar-refractivity contribution in [2.75, 3.05) is 7.11 Å². The van der Waals surface area contributed by atoms with Crippen LogP contribution in [0.5, 0.6) is 0 Å². The van der Waals surface area contributed by atoms with Crippen LogP contribution in [0.15, 0.2) is 12.3 Å². The first-order valence-electron chi connectivity index (χ1n) is 5.65. The summed E-state index contributed by atoms with van der Waals surface area (Å²) in [7, 11) is 1.58.